The standard InChI is InChI=1S/C24H24O7/c1-23(2)24(21(25)28-4,22(26)29-5)13-17-16-12-20(14-6-8-15(27-3)9-7-14)30-18(16)10-11-19(17)31-23/h6-12H,13H2,1-5H3. The molecule has 2 aromatic carbocycles. The summed E-state index contributed by atoms with van der Waals surface area (Å²) in [5.74, 6) is 0.575. The molecule has 1 aromatic heterocycles. The van der Waals surface area contributed by atoms with E-state index >= 15 is 0 Å². The molecule has 162 valence electrons. The summed E-state index contributed by atoms with van der Waals surface area (Å²) >= 11 is 0. The minimum absolute atomic E-state index is 0.0631. The molecule has 0 saturated carbocycles. The number of fused-ring (bicyclic) bond motifs is 3. The van der Waals surface area contributed by atoms with E-state index in [1.54, 1.807) is 27.0 Å². The Morgan fingerprint density at radius 1 is 0.935 bits per heavy atom. The van der Waals surface area contributed by atoms with Gasteiger partial charge in [0.1, 0.15) is 28.4 Å². The van der Waals surface area contributed by atoms with Crippen LogP contribution in [0.3, 0.4) is 0 Å². The third-order valence-corrected chi connectivity index (χ3v) is 6.05. The molecule has 1 aliphatic rings. The molecule has 0 spiro atoms. The van der Waals surface area contributed by atoms with Gasteiger partial charge in [-0.1, -0.05) is 0 Å². The van der Waals surface area contributed by atoms with Crippen molar-refractivity contribution in [3.05, 3.63) is 48.0 Å². The van der Waals surface area contributed by atoms with Crippen LogP contribution in [-0.4, -0.2) is 38.9 Å². The fourth-order valence-electron chi connectivity index (χ4n) is 4.23. The zero-order valence-electron chi connectivity index (χ0n) is 18.1. The van der Waals surface area contributed by atoms with Crippen molar-refractivity contribution in [3.63, 3.8) is 0 Å². The van der Waals surface area contributed by atoms with Gasteiger partial charge < -0.3 is 23.4 Å². The molecule has 0 unspecified atom stereocenters. The van der Waals surface area contributed by atoms with E-state index in [0.29, 0.717) is 22.7 Å². The van der Waals surface area contributed by atoms with Gasteiger partial charge in [-0.2, -0.15) is 0 Å². The van der Waals surface area contributed by atoms with Gasteiger partial charge in [0.15, 0.2) is 0 Å². The number of benzene rings is 2. The molecule has 7 nitrogen and oxygen atoms in total. The van der Waals surface area contributed by atoms with Crippen LogP contribution in [0.25, 0.3) is 22.3 Å². The van der Waals surface area contributed by atoms with Gasteiger partial charge in [0, 0.05) is 22.9 Å². The van der Waals surface area contributed by atoms with Crippen LogP contribution >= 0.6 is 0 Å². The summed E-state index contributed by atoms with van der Waals surface area (Å²) in [6.07, 6.45) is 0.0631. The van der Waals surface area contributed by atoms with Crippen LogP contribution in [0.5, 0.6) is 11.5 Å². The molecule has 1 aliphatic heterocycles. The number of carbonyl (C=O) groups excluding carboxylic acids is 2. The summed E-state index contributed by atoms with van der Waals surface area (Å²) < 4.78 is 27.5. The Bertz CT molecular complexity index is 1140. The number of hydrogen-bond acceptors (Lipinski definition) is 7. The van der Waals surface area contributed by atoms with Gasteiger partial charge in [0.2, 0.25) is 5.41 Å². The van der Waals surface area contributed by atoms with E-state index < -0.39 is 23.0 Å². The Morgan fingerprint density at radius 2 is 1.58 bits per heavy atom. The molecule has 3 aromatic rings. The normalized spacial score (nSPS) is 16.2. The lowest BCUT2D eigenvalue weighted by Gasteiger charge is -2.45. The zero-order chi connectivity index (χ0) is 22.4. The number of furan rings is 1. The average Bonchev–Trinajstić information content (AvgIpc) is 3.21. The van der Waals surface area contributed by atoms with Gasteiger partial charge in [0.05, 0.1) is 21.3 Å². The third kappa shape index (κ3) is 3.03. The molecule has 4 rings (SSSR count). The second kappa shape index (κ2) is 7.34. The van der Waals surface area contributed by atoms with Crippen molar-refractivity contribution in [2.75, 3.05) is 21.3 Å². The van der Waals surface area contributed by atoms with E-state index in [9.17, 15) is 9.59 Å². The van der Waals surface area contributed by atoms with Crippen molar-refractivity contribution in [1.29, 1.82) is 0 Å². The quantitative estimate of drug-likeness (QED) is 0.459. The Balaban J connectivity index is 1.88. The van der Waals surface area contributed by atoms with Crippen LogP contribution < -0.4 is 9.47 Å². The molecule has 0 atom stereocenters. The van der Waals surface area contributed by atoms with Gasteiger partial charge in [0.25, 0.3) is 0 Å². The number of methoxy groups -OCH3 is 3. The molecule has 31 heavy (non-hydrogen) atoms. The lowest BCUT2D eigenvalue weighted by Crippen LogP contribution is -2.61. The van der Waals surface area contributed by atoms with Gasteiger partial charge in [-0.25, -0.2) is 0 Å². The fourth-order valence-corrected chi connectivity index (χ4v) is 4.23. The van der Waals surface area contributed by atoms with Crippen molar-refractivity contribution < 1.29 is 33.0 Å². The summed E-state index contributed by atoms with van der Waals surface area (Å²) in [4.78, 5) is 25.8. The van der Waals surface area contributed by atoms with Gasteiger partial charge in [-0.15, -0.1) is 0 Å². The topological polar surface area (TPSA) is 84.2 Å². The van der Waals surface area contributed by atoms with E-state index in [1.807, 2.05) is 36.4 Å². The molecule has 0 N–H and O–H groups in total. The van der Waals surface area contributed by atoms with E-state index in [0.717, 1.165) is 16.7 Å². The van der Waals surface area contributed by atoms with Crippen molar-refractivity contribution in [2.45, 2.75) is 25.9 Å². The maximum atomic E-state index is 12.9. The molecule has 0 fully saturated rings. The largest absolute Gasteiger partial charge is 0.497 e. The molecule has 0 amide bonds. The van der Waals surface area contributed by atoms with Gasteiger partial charge in [-0.3, -0.25) is 9.59 Å². The van der Waals surface area contributed by atoms with E-state index in [4.69, 9.17) is 23.4 Å². The number of esters is 2. The number of rotatable bonds is 4. The molecule has 0 aliphatic carbocycles. The zero-order valence-corrected chi connectivity index (χ0v) is 18.1. The second-order valence-electron chi connectivity index (χ2n) is 7.97. The van der Waals surface area contributed by atoms with Crippen molar-refractivity contribution in [2.24, 2.45) is 5.41 Å². The lowest BCUT2D eigenvalue weighted by atomic mass is 9.67. The summed E-state index contributed by atoms with van der Waals surface area (Å²) in [5.41, 5.74) is -0.659. The smallest absolute Gasteiger partial charge is 0.327 e. The summed E-state index contributed by atoms with van der Waals surface area (Å²) in [5, 5.41) is 0.760. The Labute approximate surface area is 179 Å². The second-order valence-corrected chi connectivity index (χ2v) is 7.97. The van der Waals surface area contributed by atoms with Crippen LogP contribution in [0.4, 0.5) is 0 Å². The lowest BCUT2D eigenvalue weighted by molar-refractivity contribution is -0.186. The van der Waals surface area contributed by atoms with Crippen molar-refractivity contribution >= 4 is 22.9 Å². The minimum atomic E-state index is -1.66. The fraction of sp³-hybridized carbons (Fsp3) is 0.333. The first-order valence-corrected chi connectivity index (χ1v) is 9.83. The Morgan fingerprint density at radius 3 is 2.16 bits per heavy atom. The Hall–Kier alpha value is -3.48. The SMILES string of the molecule is COC(=O)C1(C(=O)OC)Cc2c(ccc3oc(-c4ccc(OC)cc4)cc23)OC1(C)C. The minimum Gasteiger partial charge on any atom is -0.497 e. The van der Waals surface area contributed by atoms with Crippen LogP contribution in [-0.2, 0) is 25.5 Å². The maximum Gasteiger partial charge on any atom is 0.327 e. The van der Waals surface area contributed by atoms with Gasteiger partial charge >= 0.3 is 11.9 Å². The first-order chi connectivity index (χ1) is 14.8. The number of carbonyl (C=O) groups is 2. The Kier molecular flexibility index (Phi) is 4.92. The van der Waals surface area contributed by atoms with E-state index in [-0.39, 0.29) is 6.42 Å². The highest BCUT2D eigenvalue weighted by Crippen LogP contribution is 2.49. The third-order valence-electron chi connectivity index (χ3n) is 6.05. The van der Waals surface area contributed by atoms with E-state index in [1.165, 1.54) is 14.2 Å². The highest BCUT2D eigenvalue weighted by molar-refractivity contribution is 6.03. The molecular formula is C24H24O7. The summed E-state index contributed by atoms with van der Waals surface area (Å²) in [6, 6.07) is 13.0. The monoisotopic (exact) mass is 424 g/mol. The molecule has 0 radical (unpaired) electrons. The highest BCUT2D eigenvalue weighted by Gasteiger charge is 2.63. The van der Waals surface area contributed by atoms with Gasteiger partial charge in [-0.05, 0) is 56.3 Å². The predicted molar refractivity (Wildman–Crippen MR) is 113 cm³/mol. The molecule has 7 heteroatoms. The van der Waals surface area contributed by atoms with Crippen LogP contribution in [0.15, 0.2) is 46.9 Å². The van der Waals surface area contributed by atoms with E-state index in [2.05, 4.69) is 0 Å². The number of ether oxygens (including phenoxy) is 4. The van der Waals surface area contributed by atoms with Crippen LogP contribution in [0.1, 0.15) is 19.4 Å². The molecule has 0 saturated heterocycles. The predicted octanol–water partition coefficient (Wildman–Crippen LogP) is 4.15. The van der Waals surface area contributed by atoms with Crippen LogP contribution in [0, 0.1) is 5.41 Å². The van der Waals surface area contributed by atoms with Crippen molar-refractivity contribution in [1.82, 2.24) is 0 Å². The van der Waals surface area contributed by atoms with Crippen molar-refractivity contribution in [3.8, 4) is 22.8 Å². The van der Waals surface area contributed by atoms with Crippen LogP contribution in [0.2, 0.25) is 0 Å². The first-order valence-electron chi connectivity index (χ1n) is 9.83. The summed E-state index contributed by atoms with van der Waals surface area (Å²) in [7, 11) is 4.11. The molecule has 0 bridgehead atoms. The molecule has 2 heterocycles. The summed E-state index contributed by atoms with van der Waals surface area (Å²) in [6.45, 7) is 3.37. The molecular weight excluding hydrogens is 400 g/mol. The highest BCUT2D eigenvalue weighted by atomic mass is 16.6. The average molecular weight is 424 g/mol. The maximum absolute atomic E-state index is 12.9. The number of hydrogen-bond donors (Lipinski definition) is 0. The first kappa shape index (κ1) is 20.8.